The van der Waals surface area contributed by atoms with Gasteiger partial charge in [0.05, 0.1) is 27.6 Å². The molecule has 0 atom stereocenters. The molecule has 0 aliphatic carbocycles. The van der Waals surface area contributed by atoms with Gasteiger partial charge in [-0.2, -0.15) is 5.26 Å². The lowest BCUT2D eigenvalue weighted by Crippen LogP contribution is -2.01. The molecule has 0 unspecified atom stereocenters. The highest BCUT2D eigenvalue weighted by Gasteiger charge is 2.13. The number of hydrogen-bond donors (Lipinski definition) is 0. The fourth-order valence-corrected chi connectivity index (χ4v) is 2.06. The summed E-state index contributed by atoms with van der Waals surface area (Å²) in [5.74, 6) is -0.521. The van der Waals surface area contributed by atoms with Crippen molar-refractivity contribution >= 4 is 40.9 Å². The van der Waals surface area contributed by atoms with Crippen LogP contribution in [0.25, 0.3) is 0 Å². The summed E-state index contributed by atoms with van der Waals surface area (Å²) < 4.78 is 4.52. The number of benzene rings is 1. The Kier molecular flexibility index (Phi) is 4.28. The average Bonchev–Trinajstić information content (AvgIpc) is 2.22. The summed E-state index contributed by atoms with van der Waals surface area (Å²) in [4.78, 5) is 11.6. The Hall–Kier alpha value is -0.890. The first-order valence-corrected chi connectivity index (χ1v) is 5.30. The summed E-state index contributed by atoms with van der Waals surface area (Å²) in [6.45, 7) is 0. The number of ether oxygens (including phenoxy) is 1. The van der Waals surface area contributed by atoms with Crippen molar-refractivity contribution in [3.8, 4) is 5.40 Å². The van der Waals surface area contributed by atoms with Crippen LogP contribution < -0.4 is 0 Å². The first-order valence-electron chi connectivity index (χ1n) is 3.73. The molecular weight excluding hydrogens is 257 g/mol. The maximum atomic E-state index is 11.2. The van der Waals surface area contributed by atoms with Crippen LogP contribution in [0.3, 0.4) is 0 Å². The van der Waals surface area contributed by atoms with E-state index in [-0.39, 0.29) is 15.6 Å². The van der Waals surface area contributed by atoms with E-state index in [4.69, 9.17) is 28.5 Å². The molecule has 0 heterocycles. The predicted octanol–water partition coefficient (Wildman–Crippen LogP) is 3.35. The Balaban J connectivity index is 3.20. The van der Waals surface area contributed by atoms with E-state index in [0.29, 0.717) is 4.90 Å². The van der Waals surface area contributed by atoms with Crippen LogP contribution in [-0.2, 0) is 4.74 Å². The van der Waals surface area contributed by atoms with Crippen LogP contribution in [0.2, 0.25) is 10.0 Å². The Morgan fingerprint density at radius 2 is 2.00 bits per heavy atom. The van der Waals surface area contributed by atoms with E-state index in [9.17, 15) is 4.79 Å². The number of halogens is 2. The maximum absolute atomic E-state index is 11.2. The molecule has 1 aromatic carbocycles. The third-order valence-corrected chi connectivity index (χ3v) is 3.12. The maximum Gasteiger partial charge on any atom is 0.337 e. The molecule has 0 spiro atoms. The normalized spacial score (nSPS) is 9.47. The van der Waals surface area contributed by atoms with Gasteiger partial charge in [0.2, 0.25) is 0 Å². The summed E-state index contributed by atoms with van der Waals surface area (Å²) >= 11 is 12.5. The first kappa shape index (κ1) is 12.2. The van der Waals surface area contributed by atoms with E-state index < -0.39 is 5.97 Å². The molecule has 1 rings (SSSR count). The Labute approximate surface area is 101 Å². The summed E-state index contributed by atoms with van der Waals surface area (Å²) in [7, 11) is 1.27. The van der Waals surface area contributed by atoms with Crippen molar-refractivity contribution in [1.29, 1.82) is 5.26 Å². The number of methoxy groups -OCH3 is 1. The van der Waals surface area contributed by atoms with E-state index in [1.54, 1.807) is 0 Å². The Bertz CT molecular complexity index is 419. The zero-order chi connectivity index (χ0) is 11.4. The summed E-state index contributed by atoms with van der Waals surface area (Å²) in [5.41, 5.74) is 0.259. The first-order chi connectivity index (χ1) is 7.10. The Morgan fingerprint density at radius 3 is 2.40 bits per heavy atom. The van der Waals surface area contributed by atoms with E-state index >= 15 is 0 Å². The molecule has 0 amide bonds. The second-order valence-corrected chi connectivity index (χ2v) is 4.06. The minimum atomic E-state index is -0.521. The third kappa shape index (κ3) is 2.78. The number of carbonyl (C=O) groups is 1. The highest BCUT2D eigenvalue weighted by molar-refractivity contribution is 8.04. The standard InChI is InChI=1S/C9H5Cl2NO2S/c1-14-9(13)5-2-6(10)8(15-4-12)7(11)3-5/h2-3H,1H3. The Morgan fingerprint density at radius 1 is 1.47 bits per heavy atom. The van der Waals surface area contributed by atoms with E-state index in [2.05, 4.69) is 4.74 Å². The molecule has 1 aromatic rings. The fraction of sp³-hybridized carbons (Fsp3) is 0.111. The number of hydrogen-bond acceptors (Lipinski definition) is 4. The number of rotatable bonds is 2. The minimum Gasteiger partial charge on any atom is -0.465 e. The highest BCUT2D eigenvalue weighted by atomic mass is 35.5. The molecule has 15 heavy (non-hydrogen) atoms. The van der Waals surface area contributed by atoms with Gasteiger partial charge in [0, 0.05) is 0 Å². The van der Waals surface area contributed by atoms with Gasteiger partial charge in [-0.15, -0.1) is 0 Å². The molecule has 3 nitrogen and oxygen atoms in total. The molecule has 0 saturated carbocycles. The topological polar surface area (TPSA) is 50.1 Å². The van der Waals surface area contributed by atoms with Crippen LogP contribution in [0.5, 0.6) is 0 Å². The van der Waals surface area contributed by atoms with E-state index in [1.165, 1.54) is 19.2 Å². The van der Waals surface area contributed by atoms with E-state index in [0.717, 1.165) is 11.8 Å². The van der Waals surface area contributed by atoms with Crippen molar-refractivity contribution < 1.29 is 9.53 Å². The molecule has 0 bridgehead atoms. The second kappa shape index (κ2) is 5.26. The van der Waals surface area contributed by atoms with Crippen LogP contribution in [0, 0.1) is 10.7 Å². The van der Waals surface area contributed by atoms with Gasteiger partial charge in [0.15, 0.2) is 0 Å². The second-order valence-electron chi connectivity index (χ2n) is 2.45. The lowest BCUT2D eigenvalue weighted by Gasteiger charge is -2.05. The molecule has 0 fully saturated rings. The van der Waals surface area contributed by atoms with Crippen LogP contribution in [0.1, 0.15) is 10.4 Å². The molecule has 0 radical (unpaired) electrons. The van der Waals surface area contributed by atoms with E-state index in [1.807, 2.05) is 5.40 Å². The molecule has 6 heteroatoms. The fourth-order valence-electron chi connectivity index (χ4n) is 0.939. The van der Waals surface area contributed by atoms with Crippen LogP contribution in [-0.4, -0.2) is 13.1 Å². The quantitative estimate of drug-likeness (QED) is 0.466. The van der Waals surface area contributed by atoms with Crippen LogP contribution in [0.15, 0.2) is 17.0 Å². The number of esters is 1. The van der Waals surface area contributed by atoms with Crippen molar-refractivity contribution in [1.82, 2.24) is 0 Å². The minimum absolute atomic E-state index is 0.259. The smallest absolute Gasteiger partial charge is 0.337 e. The molecule has 0 aliphatic rings. The van der Waals surface area contributed by atoms with Gasteiger partial charge in [-0.3, -0.25) is 0 Å². The lowest BCUT2D eigenvalue weighted by molar-refractivity contribution is 0.0600. The lowest BCUT2D eigenvalue weighted by atomic mass is 10.2. The van der Waals surface area contributed by atoms with Crippen LogP contribution >= 0.6 is 35.0 Å². The van der Waals surface area contributed by atoms with Crippen molar-refractivity contribution in [3.05, 3.63) is 27.7 Å². The molecule has 0 saturated heterocycles. The van der Waals surface area contributed by atoms with Gasteiger partial charge in [-0.1, -0.05) is 23.2 Å². The summed E-state index contributed by atoms with van der Waals surface area (Å²) in [5, 5.41) is 10.9. The molecule has 0 aromatic heterocycles. The van der Waals surface area contributed by atoms with Gasteiger partial charge >= 0.3 is 5.97 Å². The predicted molar refractivity (Wildman–Crippen MR) is 59.3 cm³/mol. The number of thioether (sulfide) groups is 1. The SMILES string of the molecule is COC(=O)c1cc(Cl)c(SC#N)c(Cl)c1. The van der Waals surface area contributed by atoms with Crippen molar-refractivity contribution in [2.75, 3.05) is 7.11 Å². The van der Waals surface area contributed by atoms with Crippen molar-refractivity contribution in [2.45, 2.75) is 4.90 Å². The third-order valence-electron chi connectivity index (χ3n) is 1.57. The molecule has 78 valence electrons. The summed E-state index contributed by atoms with van der Waals surface area (Å²) in [6.07, 6.45) is 0. The molecule has 0 aliphatic heterocycles. The van der Waals surface area contributed by atoms with Crippen molar-refractivity contribution in [2.24, 2.45) is 0 Å². The van der Waals surface area contributed by atoms with Gasteiger partial charge < -0.3 is 4.74 Å². The monoisotopic (exact) mass is 261 g/mol. The van der Waals surface area contributed by atoms with Gasteiger partial charge in [0.1, 0.15) is 5.40 Å². The number of nitriles is 1. The van der Waals surface area contributed by atoms with Gasteiger partial charge in [-0.05, 0) is 23.9 Å². The highest BCUT2D eigenvalue weighted by Crippen LogP contribution is 2.34. The molecular formula is C9H5Cl2NO2S. The van der Waals surface area contributed by atoms with Gasteiger partial charge in [-0.25, -0.2) is 4.79 Å². The number of nitrogens with zero attached hydrogens (tertiary/aromatic N) is 1. The number of thiocyanates is 1. The van der Waals surface area contributed by atoms with Crippen LogP contribution in [0.4, 0.5) is 0 Å². The van der Waals surface area contributed by atoms with Crippen molar-refractivity contribution in [3.63, 3.8) is 0 Å². The number of carbonyl (C=O) groups excluding carboxylic acids is 1. The largest absolute Gasteiger partial charge is 0.465 e. The summed E-state index contributed by atoms with van der Waals surface area (Å²) in [6, 6.07) is 2.83. The zero-order valence-corrected chi connectivity index (χ0v) is 9.91. The molecule has 0 N–H and O–H groups in total. The van der Waals surface area contributed by atoms with Gasteiger partial charge in [0.25, 0.3) is 0 Å². The zero-order valence-electron chi connectivity index (χ0n) is 7.58. The average molecular weight is 262 g/mol.